The van der Waals surface area contributed by atoms with E-state index in [9.17, 15) is 0 Å². The second-order valence-electron chi connectivity index (χ2n) is 13.0. The fraction of sp³-hybridized carbons (Fsp3) is 1.00. The van der Waals surface area contributed by atoms with Gasteiger partial charge in [-0.3, -0.25) is 4.90 Å². The Kier molecular flexibility index (Phi) is 6.30. The van der Waals surface area contributed by atoms with Gasteiger partial charge in [0.2, 0.25) is 0 Å². The first-order chi connectivity index (χ1) is 16.4. The summed E-state index contributed by atoms with van der Waals surface area (Å²) in [5, 5.41) is 10.5. The second kappa shape index (κ2) is 9.27. The molecule has 4 aliphatic heterocycles. The van der Waals surface area contributed by atoms with Crippen molar-refractivity contribution < 1.29 is 0 Å². The summed E-state index contributed by atoms with van der Waals surface area (Å²) in [6, 6.07) is 4.11. The maximum atomic E-state index is 4.36. The molecular formula is C29H49N3S. The summed E-state index contributed by atoms with van der Waals surface area (Å²) in [4.78, 5) is 3.25. The van der Waals surface area contributed by atoms with Crippen LogP contribution >= 0.6 is 11.8 Å². The lowest BCUT2D eigenvalue weighted by atomic mass is 9.46. The highest BCUT2D eigenvalue weighted by atomic mass is 32.2. The largest absolute Gasteiger partial charge is 0.312 e. The zero-order chi connectivity index (χ0) is 21.8. The summed E-state index contributed by atoms with van der Waals surface area (Å²) in [5.74, 6) is 1.89. The van der Waals surface area contributed by atoms with Gasteiger partial charge in [-0.15, -0.1) is 0 Å². The van der Waals surface area contributed by atoms with Crippen LogP contribution in [0.1, 0.15) is 109 Å². The predicted octanol–water partition coefficient (Wildman–Crippen LogP) is 5.73. The highest BCUT2D eigenvalue weighted by molar-refractivity contribution is 8.00. The molecule has 7 fully saturated rings. The van der Waals surface area contributed by atoms with Crippen LogP contribution in [0.2, 0.25) is 0 Å². The van der Waals surface area contributed by atoms with Gasteiger partial charge < -0.3 is 10.6 Å². The van der Waals surface area contributed by atoms with Crippen molar-refractivity contribution in [2.24, 2.45) is 17.3 Å². The lowest BCUT2D eigenvalue weighted by Gasteiger charge is -2.72. The number of hydrogen-bond donors (Lipinski definition) is 2. The monoisotopic (exact) mass is 471 g/mol. The van der Waals surface area contributed by atoms with E-state index in [4.69, 9.17) is 0 Å². The van der Waals surface area contributed by atoms with Crippen LogP contribution in [0.3, 0.4) is 0 Å². The first-order valence-corrected chi connectivity index (χ1v) is 16.2. The average molecular weight is 472 g/mol. The molecule has 3 saturated carbocycles. The lowest BCUT2D eigenvalue weighted by molar-refractivity contribution is -0.177. The van der Waals surface area contributed by atoms with Gasteiger partial charge >= 0.3 is 0 Å². The van der Waals surface area contributed by atoms with E-state index in [1.807, 2.05) is 0 Å². The highest BCUT2D eigenvalue weighted by Gasteiger charge is 2.69. The van der Waals surface area contributed by atoms with Crippen LogP contribution < -0.4 is 10.6 Å². The number of piperidine rings is 3. The van der Waals surface area contributed by atoms with Gasteiger partial charge in [0.15, 0.2) is 0 Å². The van der Waals surface area contributed by atoms with Gasteiger partial charge in [0, 0.05) is 46.1 Å². The van der Waals surface area contributed by atoms with E-state index in [1.165, 1.54) is 122 Å². The van der Waals surface area contributed by atoms with E-state index in [0.29, 0.717) is 5.41 Å². The van der Waals surface area contributed by atoms with Gasteiger partial charge in [0.25, 0.3) is 0 Å². The Morgan fingerprint density at radius 1 is 0.545 bits per heavy atom. The number of likely N-dealkylation sites (tertiary alicyclic amines) is 1. The molecule has 4 saturated heterocycles. The van der Waals surface area contributed by atoms with Gasteiger partial charge in [0.1, 0.15) is 0 Å². The molecule has 4 heterocycles. The van der Waals surface area contributed by atoms with E-state index in [0.717, 1.165) is 52.5 Å². The summed E-state index contributed by atoms with van der Waals surface area (Å²) in [7, 11) is 0. The second-order valence-corrected chi connectivity index (χ2v) is 14.5. The summed E-state index contributed by atoms with van der Waals surface area (Å²) < 4.78 is 0. The third kappa shape index (κ3) is 3.46. The Balaban J connectivity index is 1.36. The fourth-order valence-electron chi connectivity index (χ4n) is 10.9. The van der Waals surface area contributed by atoms with Crippen LogP contribution in [0.25, 0.3) is 0 Å². The van der Waals surface area contributed by atoms with Crippen LogP contribution in [0.15, 0.2) is 0 Å². The molecule has 3 aliphatic carbocycles. The highest BCUT2D eigenvalue weighted by Crippen LogP contribution is 2.65. The molecule has 0 aromatic heterocycles. The Morgan fingerprint density at radius 3 is 2.06 bits per heavy atom. The average Bonchev–Trinajstić information content (AvgIpc) is 2.89. The van der Waals surface area contributed by atoms with Crippen LogP contribution in [-0.4, -0.2) is 58.7 Å². The zero-order valence-corrected chi connectivity index (χ0v) is 21.8. The minimum atomic E-state index is 0.517. The Morgan fingerprint density at radius 2 is 1.18 bits per heavy atom. The molecule has 3 nitrogen and oxygen atoms in total. The van der Waals surface area contributed by atoms with Crippen molar-refractivity contribution in [3.63, 3.8) is 0 Å². The van der Waals surface area contributed by atoms with Gasteiger partial charge in [0.05, 0.1) is 0 Å². The third-order valence-electron chi connectivity index (χ3n) is 11.7. The van der Waals surface area contributed by atoms with Crippen molar-refractivity contribution in [3.05, 3.63) is 0 Å². The third-order valence-corrected chi connectivity index (χ3v) is 13.5. The molecule has 33 heavy (non-hydrogen) atoms. The molecule has 4 heteroatoms. The van der Waals surface area contributed by atoms with Crippen LogP contribution in [0.5, 0.6) is 0 Å². The summed E-state index contributed by atoms with van der Waals surface area (Å²) in [6.45, 7) is 2.56. The summed E-state index contributed by atoms with van der Waals surface area (Å²) in [5.41, 5.74) is 0.517. The van der Waals surface area contributed by atoms with E-state index in [-0.39, 0.29) is 0 Å². The van der Waals surface area contributed by atoms with Crippen molar-refractivity contribution in [1.29, 1.82) is 0 Å². The Bertz CT molecular complexity index is 644. The Labute approximate surface area is 207 Å². The maximum absolute atomic E-state index is 4.36. The molecule has 0 bridgehead atoms. The normalized spacial score (nSPS) is 51.3. The van der Waals surface area contributed by atoms with E-state index in [2.05, 4.69) is 27.3 Å². The standard InChI is InChI=1S/C29H49N3S/c1-2-10-20(11-3-1)32-23-14-6-4-12-21(23)29(27-24(32)15-8-18-30-27)22-13-5-7-16-25(22)33-26-17-9-19-31-28(26)29/h20-28,30-31H,1-19H2. The van der Waals surface area contributed by atoms with Crippen molar-refractivity contribution in [2.45, 2.75) is 150 Å². The first kappa shape index (κ1) is 22.4. The minimum absolute atomic E-state index is 0.517. The number of nitrogens with one attached hydrogen (secondary N) is 2. The topological polar surface area (TPSA) is 27.3 Å². The Hall–Kier alpha value is 0.230. The van der Waals surface area contributed by atoms with E-state index in [1.54, 1.807) is 0 Å². The molecular weight excluding hydrogens is 422 g/mol. The van der Waals surface area contributed by atoms with Gasteiger partial charge in [-0.25, -0.2) is 0 Å². The van der Waals surface area contributed by atoms with E-state index < -0.39 is 0 Å². The SMILES string of the molecule is C1CCC(N2C3CCCCC3C3(C4CCCCC4SC4CCCNC43)C3NCCCC32)CC1. The zero-order valence-electron chi connectivity index (χ0n) is 21.0. The molecule has 0 aromatic carbocycles. The fourth-order valence-corrected chi connectivity index (χ4v) is 13.0. The molecule has 9 atom stereocenters. The lowest BCUT2D eigenvalue weighted by Crippen LogP contribution is -2.82. The van der Waals surface area contributed by atoms with Crippen LogP contribution in [0, 0.1) is 17.3 Å². The molecule has 2 N–H and O–H groups in total. The number of nitrogens with zero attached hydrogens (tertiary/aromatic N) is 1. The quantitative estimate of drug-likeness (QED) is 0.511. The van der Waals surface area contributed by atoms with Crippen LogP contribution in [-0.2, 0) is 0 Å². The molecule has 9 unspecified atom stereocenters. The number of fused-ring (bicyclic) bond motifs is 8. The summed E-state index contributed by atoms with van der Waals surface area (Å²) >= 11 is 2.47. The molecule has 0 aromatic rings. The van der Waals surface area contributed by atoms with Crippen LogP contribution in [0.4, 0.5) is 0 Å². The molecule has 0 amide bonds. The van der Waals surface area contributed by atoms with Gasteiger partial charge in [-0.05, 0) is 89.1 Å². The predicted molar refractivity (Wildman–Crippen MR) is 140 cm³/mol. The van der Waals surface area contributed by atoms with Gasteiger partial charge in [-0.1, -0.05) is 44.9 Å². The van der Waals surface area contributed by atoms with Crippen molar-refractivity contribution in [3.8, 4) is 0 Å². The minimum Gasteiger partial charge on any atom is -0.312 e. The number of hydrogen-bond acceptors (Lipinski definition) is 4. The van der Waals surface area contributed by atoms with Crippen molar-refractivity contribution in [1.82, 2.24) is 15.5 Å². The van der Waals surface area contributed by atoms with Crippen molar-refractivity contribution in [2.75, 3.05) is 13.1 Å². The number of thioether (sulfide) groups is 1. The smallest absolute Gasteiger partial charge is 0.0301 e. The van der Waals surface area contributed by atoms with Crippen molar-refractivity contribution >= 4 is 11.8 Å². The molecule has 7 rings (SSSR count). The van der Waals surface area contributed by atoms with E-state index >= 15 is 0 Å². The molecule has 0 radical (unpaired) electrons. The van der Waals surface area contributed by atoms with Gasteiger partial charge in [-0.2, -0.15) is 11.8 Å². The number of rotatable bonds is 1. The molecule has 7 aliphatic rings. The molecule has 1 spiro atoms. The maximum Gasteiger partial charge on any atom is 0.0301 e. The summed E-state index contributed by atoms with van der Waals surface area (Å²) in [6.07, 6.45) is 25.3. The first-order valence-electron chi connectivity index (χ1n) is 15.3. The molecule has 186 valence electrons.